The fourth-order valence-corrected chi connectivity index (χ4v) is 1.78. The van der Waals surface area contributed by atoms with Gasteiger partial charge in [0.25, 0.3) is 0 Å². The number of carbonyl (C=O) groups is 2. The molecule has 0 bridgehead atoms. The Morgan fingerprint density at radius 1 is 1.12 bits per heavy atom. The number of carbonyl (C=O) groups excluding carboxylic acids is 2. The number of rotatable bonds is 4. The number of primary amides is 1. The lowest BCUT2D eigenvalue weighted by atomic mass is 10.0. The molecule has 8 heteroatoms. The molecule has 0 radical (unpaired) electrons. The highest BCUT2D eigenvalue weighted by Crippen LogP contribution is 2.24. The van der Waals surface area contributed by atoms with Crippen molar-refractivity contribution in [3.8, 4) is 17.2 Å². The number of hydrogen-bond acceptors (Lipinski definition) is 6. The maximum absolute atomic E-state index is 12.0. The minimum Gasteiger partial charge on any atom is -0.508 e. The van der Waals surface area contributed by atoms with E-state index in [0.717, 1.165) is 17.4 Å². The number of Topliss-reactive ketones (excluding diaryl/α,β-unsaturated/α-hetero) is 1. The first-order valence-corrected chi connectivity index (χ1v) is 6.75. The van der Waals surface area contributed by atoms with E-state index in [9.17, 15) is 19.8 Å². The van der Waals surface area contributed by atoms with Crippen molar-refractivity contribution >= 4 is 11.8 Å². The maximum Gasteiger partial charge on any atom is 0.335 e. The number of nitrogens with one attached hydrogen (secondary N) is 1. The van der Waals surface area contributed by atoms with Crippen LogP contribution in [0, 0.1) is 0 Å². The minimum absolute atomic E-state index is 0.0708. The zero-order chi connectivity index (χ0) is 18.1. The average molecular weight is 334 g/mol. The number of hydroxylamine groups is 1. The lowest BCUT2D eigenvalue weighted by Crippen LogP contribution is -2.25. The zero-order valence-electron chi connectivity index (χ0n) is 12.9. The number of benzene rings is 2. The number of hydrogen-bond donors (Lipinski definition) is 5. The molecule has 128 valence electrons. The van der Waals surface area contributed by atoms with Gasteiger partial charge >= 0.3 is 6.03 Å². The fraction of sp³-hybridized carbons (Fsp3) is 0.125. The van der Waals surface area contributed by atoms with E-state index in [-0.39, 0.29) is 29.3 Å². The van der Waals surface area contributed by atoms with Gasteiger partial charge in [-0.2, -0.15) is 0 Å². The lowest BCUT2D eigenvalue weighted by molar-refractivity contribution is 0.0990. The van der Waals surface area contributed by atoms with Crippen molar-refractivity contribution in [2.75, 3.05) is 7.11 Å². The molecule has 2 rings (SSSR count). The first-order valence-electron chi connectivity index (χ1n) is 6.75. The quantitative estimate of drug-likeness (QED) is 0.326. The smallest absolute Gasteiger partial charge is 0.335 e. The Labute approximate surface area is 138 Å². The molecule has 0 fully saturated rings. The normalized spacial score (nSPS) is 9.42. The van der Waals surface area contributed by atoms with Crippen LogP contribution in [0.25, 0.3) is 0 Å². The summed E-state index contributed by atoms with van der Waals surface area (Å²) < 4.78 is 5.04. The number of phenols is 2. The highest BCUT2D eigenvalue weighted by molar-refractivity contribution is 6.00. The van der Waals surface area contributed by atoms with Crippen LogP contribution in [0.4, 0.5) is 4.79 Å². The Morgan fingerprint density at radius 2 is 1.71 bits per heavy atom. The molecule has 0 heterocycles. The van der Waals surface area contributed by atoms with E-state index in [1.807, 2.05) is 0 Å². The number of nitrogens with two attached hydrogens (primary N) is 1. The highest BCUT2D eigenvalue weighted by Gasteiger charge is 2.12. The third-order valence-corrected chi connectivity index (χ3v) is 2.92. The second-order valence-corrected chi connectivity index (χ2v) is 4.63. The summed E-state index contributed by atoms with van der Waals surface area (Å²) in [5, 5.41) is 26.2. The number of phenolic OH excluding ortho intramolecular Hbond substituents is 2. The summed E-state index contributed by atoms with van der Waals surface area (Å²) in [5.41, 5.74) is 6.49. The van der Waals surface area contributed by atoms with Gasteiger partial charge in [0.15, 0.2) is 5.78 Å². The van der Waals surface area contributed by atoms with Gasteiger partial charge in [-0.15, -0.1) is 0 Å². The largest absolute Gasteiger partial charge is 0.508 e. The SMILES string of the molecule is COc1ccc(CC(=O)c2ccc(O)cc2O)cc1.NC(=O)NO. The first kappa shape index (κ1) is 18.8. The number of ether oxygens (including phenoxy) is 1. The third-order valence-electron chi connectivity index (χ3n) is 2.92. The van der Waals surface area contributed by atoms with Crippen LogP contribution < -0.4 is 16.0 Å². The molecule has 0 atom stereocenters. The number of urea groups is 1. The Hall–Kier alpha value is -3.26. The molecule has 0 aliphatic heterocycles. The van der Waals surface area contributed by atoms with Crippen LogP contribution in [0.5, 0.6) is 17.2 Å². The van der Waals surface area contributed by atoms with Crippen LogP contribution in [0.3, 0.4) is 0 Å². The van der Waals surface area contributed by atoms with E-state index in [2.05, 4.69) is 5.73 Å². The second-order valence-electron chi connectivity index (χ2n) is 4.63. The predicted octanol–water partition coefficient (Wildman–Crippen LogP) is 1.58. The zero-order valence-corrected chi connectivity index (χ0v) is 12.9. The van der Waals surface area contributed by atoms with Crippen LogP contribution in [0.1, 0.15) is 15.9 Å². The minimum atomic E-state index is -0.940. The van der Waals surface area contributed by atoms with Gasteiger partial charge in [0.1, 0.15) is 17.2 Å². The van der Waals surface area contributed by atoms with Crippen LogP contribution >= 0.6 is 0 Å². The predicted molar refractivity (Wildman–Crippen MR) is 85.3 cm³/mol. The van der Waals surface area contributed by atoms with E-state index in [0.29, 0.717) is 0 Å². The van der Waals surface area contributed by atoms with E-state index in [1.54, 1.807) is 31.4 Å². The molecule has 24 heavy (non-hydrogen) atoms. The van der Waals surface area contributed by atoms with E-state index in [1.165, 1.54) is 17.6 Å². The van der Waals surface area contributed by atoms with Crippen LogP contribution in [-0.4, -0.2) is 34.3 Å². The van der Waals surface area contributed by atoms with Gasteiger partial charge in [-0.1, -0.05) is 12.1 Å². The number of amides is 2. The van der Waals surface area contributed by atoms with Gasteiger partial charge in [0.05, 0.1) is 12.7 Å². The Bertz CT molecular complexity index is 700. The van der Waals surface area contributed by atoms with Gasteiger partial charge in [-0.25, -0.2) is 10.3 Å². The van der Waals surface area contributed by atoms with Crippen molar-refractivity contribution in [2.45, 2.75) is 6.42 Å². The van der Waals surface area contributed by atoms with Gasteiger partial charge in [0, 0.05) is 12.5 Å². The van der Waals surface area contributed by atoms with Crippen molar-refractivity contribution in [1.29, 1.82) is 0 Å². The van der Waals surface area contributed by atoms with Crippen molar-refractivity contribution in [1.82, 2.24) is 5.48 Å². The van der Waals surface area contributed by atoms with Crippen LogP contribution in [0.15, 0.2) is 42.5 Å². The molecule has 0 saturated carbocycles. The molecule has 0 aromatic heterocycles. The number of methoxy groups -OCH3 is 1. The second kappa shape index (κ2) is 9.01. The van der Waals surface area contributed by atoms with Crippen molar-refractivity contribution in [3.05, 3.63) is 53.6 Å². The first-order chi connectivity index (χ1) is 11.4. The molecule has 2 aromatic rings. The standard InChI is InChI=1S/C15H14O4.CH4N2O2/c1-19-12-5-2-10(3-6-12)8-14(17)13-7-4-11(16)9-15(13)18;2-1(4)3-5/h2-7,9,16,18H,8H2,1H3;5H,(H3,2,3,4). The van der Waals surface area contributed by atoms with Crippen molar-refractivity contribution < 1.29 is 29.7 Å². The fourth-order valence-electron chi connectivity index (χ4n) is 1.78. The molecule has 8 nitrogen and oxygen atoms in total. The summed E-state index contributed by atoms with van der Waals surface area (Å²) in [6.07, 6.45) is 0.183. The summed E-state index contributed by atoms with van der Waals surface area (Å²) in [7, 11) is 1.58. The topological polar surface area (TPSA) is 142 Å². The van der Waals surface area contributed by atoms with E-state index < -0.39 is 6.03 Å². The summed E-state index contributed by atoms with van der Waals surface area (Å²) in [4.78, 5) is 21.3. The molecular weight excluding hydrogens is 316 g/mol. The molecule has 0 unspecified atom stereocenters. The molecule has 0 aliphatic carbocycles. The number of aromatic hydroxyl groups is 2. The summed E-state index contributed by atoms with van der Waals surface area (Å²) in [6.45, 7) is 0. The molecule has 0 spiro atoms. The van der Waals surface area contributed by atoms with Gasteiger partial charge in [0.2, 0.25) is 0 Å². The third kappa shape index (κ3) is 5.85. The van der Waals surface area contributed by atoms with E-state index in [4.69, 9.17) is 9.94 Å². The number of ketones is 1. The van der Waals surface area contributed by atoms with Crippen LogP contribution in [-0.2, 0) is 6.42 Å². The summed E-state index contributed by atoms with van der Waals surface area (Å²) >= 11 is 0. The monoisotopic (exact) mass is 334 g/mol. The maximum atomic E-state index is 12.0. The van der Waals surface area contributed by atoms with Crippen molar-refractivity contribution in [3.63, 3.8) is 0 Å². The van der Waals surface area contributed by atoms with Gasteiger partial charge in [-0.05, 0) is 29.8 Å². The molecule has 0 aliphatic rings. The lowest BCUT2D eigenvalue weighted by Gasteiger charge is -2.05. The van der Waals surface area contributed by atoms with E-state index >= 15 is 0 Å². The molecular formula is C16H18N2O6. The van der Waals surface area contributed by atoms with Crippen molar-refractivity contribution in [2.24, 2.45) is 5.73 Å². The Morgan fingerprint density at radius 3 is 2.17 bits per heavy atom. The van der Waals surface area contributed by atoms with Gasteiger partial charge in [-0.3, -0.25) is 10.0 Å². The highest BCUT2D eigenvalue weighted by atomic mass is 16.5. The molecule has 2 amide bonds. The molecule has 6 N–H and O–H groups in total. The summed E-state index contributed by atoms with van der Waals surface area (Å²) in [5.74, 6) is 0.239. The summed E-state index contributed by atoms with van der Waals surface area (Å²) in [6, 6.07) is 10.2. The van der Waals surface area contributed by atoms with Crippen LogP contribution in [0.2, 0.25) is 0 Å². The Kier molecular flexibility index (Phi) is 7.05. The molecule has 0 saturated heterocycles. The molecule has 2 aromatic carbocycles. The average Bonchev–Trinajstić information content (AvgIpc) is 2.56. The van der Waals surface area contributed by atoms with Gasteiger partial charge < -0.3 is 20.7 Å². The Balaban J connectivity index is 0.000000505.